The van der Waals surface area contributed by atoms with Crippen LogP contribution in [0, 0.1) is 0 Å². The van der Waals surface area contributed by atoms with Crippen LogP contribution >= 0.6 is 0 Å². The van der Waals surface area contributed by atoms with E-state index in [1.54, 1.807) is 6.08 Å². The Hall–Kier alpha value is -3.14. The van der Waals surface area contributed by atoms with Crippen LogP contribution in [0.1, 0.15) is 11.3 Å². The highest BCUT2D eigenvalue weighted by atomic mass is 16.5. The molecule has 0 saturated heterocycles. The fraction of sp³-hybridized carbons (Fsp3) is 0.0526. The highest BCUT2D eigenvalue weighted by Crippen LogP contribution is 2.14. The van der Waals surface area contributed by atoms with E-state index in [4.69, 9.17) is 10.5 Å². The largest absolute Gasteiger partial charge is 0.482 e. The molecule has 0 atom stereocenters. The van der Waals surface area contributed by atoms with Crippen molar-refractivity contribution in [2.24, 2.45) is 5.73 Å². The van der Waals surface area contributed by atoms with Gasteiger partial charge in [-0.25, -0.2) is 4.98 Å². The van der Waals surface area contributed by atoms with Gasteiger partial charge in [0.1, 0.15) is 6.61 Å². The minimum atomic E-state index is -0.602. The summed E-state index contributed by atoms with van der Waals surface area (Å²) in [4.78, 5) is 16.1. The van der Waals surface area contributed by atoms with Gasteiger partial charge in [-0.15, -0.1) is 0 Å². The molecule has 1 aromatic heterocycles. The number of hydrogen-bond donors (Lipinski definition) is 1. The van der Waals surface area contributed by atoms with Gasteiger partial charge in [0.2, 0.25) is 0 Å². The Morgan fingerprint density at radius 1 is 1.00 bits per heavy atom. The second-order valence-corrected chi connectivity index (χ2v) is 5.07. The van der Waals surface area contributed by atoms with Crippen molar-refractivity contribution < 1.29 is 9.53 Å². The summed E-state index contributed by atoms with van der Waals surface area (Å²) in [6, 6.07) is 21.1. The van der Waals surface area contributed by atoms with Crippen LogP contribution in [0.25, 0.3) is 17.0 Å². The Labute approximate surface area is 134 Å². The first kappa shape index (κ1) is 14.8. The molecule has 0 fully saturated rings. The number of nitrogens with two attached hydrogens (primary N) is 1. The third-order valence-electron chi connectivity index (χ3n) is 3.37. The van der Waals surface area contributed by atoms with Crippen molar-refractivity contribution in [3.8, 4) is 0 Å². The van der Waals surface area contributed by atoms with Gasteiger partial charge in [-0.3, -0.25) is 4.79 Å². The van der Waals surface area contributed by atoms with Crippen molar-refractivity contribution in [2.75, 3.05) is 0 Å². The number of pyridine rings is 1. The standard InChI is InChI=1S/C19H16N2O2/c20-19(22)18(12-14-6-2-1-3-7-14)23-13-16-11-10-15-8-4-5-9-17(15)21-16/h1-12H,13H2,(H2,20,22)/b18-12+. The summed E-state index contributed by atoms with van der Waals surface area (Å²) < 4.78 is 5.57. The van der Waals surface area contributed by atoms with Gasteiger partial charge in [0, 0.05) is 5.39 Å². The van der Waals surface area contributed by atoms with Crippen LogP contribution in [-0.4, -0.2) is 10.9 Å². The first-order chi connectivity index (χ1) is 11.2. The molecule has 0 bridgehead atoms. The molecule has 3 rings (SSSR count). The zero-order valence-electron chi connectivity index (χ0n) is 12.5. The lowest BCUT2D eigenvalue weighted by Gasteiger charge is -2.08. The molecule has 1 amide bonds. The van der Waals surface area contributed by atoms with Crippen LogP contribution in [-0.2, 0) is 16.1 Å². The molecule has 4 heteroatoms. The van der Waals surface area contributed by atoms with Gasteiger partial charge >= 0.3 is 0 Å². The first-order valence-corrected chi connectivity index (χ1v) is 7.26. The van der Waals surface area contributed by atoms with E-state index in [0.29, 0.717) is 0 Å². The smallest absolute Gasteiger partial charge is 0.283 e. The minimum Gasteiger partial charge on any atom is -0.482 e. The third kappa shape index (κ3) is 3.74. The molecule has 0 saturated carbocycles. The number of primary amides is 1. The first-order valence-electron chi connectivity index (χ1n) is 7.26. The number of carbonyl (C=O) groups is 1. The molecule has 23 heavy (non-hydrogen) atoms. The van der Waals surface area contributed by atoms with E-state index in [-0.39, 0.29) is 12.4 Å². The lowest BCUT2D eigenvalue weighted by atomic mass is 10.2. The van der Waals surface area contributed by atoms with E-state index in [1.807, 2.05) is 66.7 Å². The second kappa shape index (κ2) is 6.75. The Morgan fingerprint density at radius 3 is 2.52 bits per heavy atom. The van der Waals surface area contributed by atoms with Crippen LogP contribution in [0.2, 0.25) is 0 Å². The number of benzene rings is 2. The maximum Gasteiger partial charge on any atom is 0.283 e. The predicted octanol–water partition coefficient (Wildman–Crippen LogP) is 3.28. The van der Waals surface area contributed by atoms with E-state index >= 15 is 0 Å². The van der Waals surface area contributed by atoms with Crippen LogP contribution in [0.5, 0.6) is 0 Å². The van der Waals surface area contributed by atoms with Gasteiger partial charge in [0.05, 0.1) is 11.2 Å². The molecular weight excluding hydrogens is 288 g/mol. The van der Waals surface area contributed by atoms with E-state index in [0.717, 1.165) is 22.2 Å². The number of carbonyl (C=O) groups excluding carboxylic acids is 1. The number of para-hydroxylation sites is 1. The number of rotatable bonds is 5. The van der Waals surface area contributed by atoms with Crippen LogP contribution in [0.15, 0.2) is 72.5 Å². The minimum absolute atomic E-state index is 0.117. The molecule has 0 unspecified atom stereocenters. The molecule has 0 aliphatic carbocycles. The molecule has 114 valence electrons. The zero-order valence-corrected chi connectivity index (χ0v) is 12.5. The monoisotopic (exact) mass is 304 g/mol. The molecule has 0 radical (unpaired) electrons. The molecule has 4 nitrogen and oxygen atoms in total. The highest BCUT2D eigenvalue weighted by Gasteiger charge is 2.08. The summed E-state index contributed by atoms with van der Waals surface area (Å²) in [6.45, 7) is 0.187. The van der Waals surface area contributed by atoms with Crippen LogP contribution in [0.3, 0.4) is 0 Å². The normalized spacial score (nSPS) is 11.4. The fourth-order valence-corrected chi connectivity index (χ4v) is 2.22. The topological polar surface area (TPSA) is 65.2 Å². The summed E-state index contributed by atoms with van der Waals surface area (Å²) in [5.74, 6) is -0.485. The Morgan fingerprint density at radius 2 is 1.74 bits per heavy atom. The van der Waals surface area contributed by atoms with Crippen molar-refractivity contribution in [1.29, 1.82) is 0 Å². The molecule has 0 aliphatic rings. The number of nitrogens with zero attached hydrogens (tertiary/aromatic N) is 1. The Kier molecular flexibility index (Phi) is 4.34. The average Bonchev–Trinajstić information content (AvgIpc) is 2.59. The molecule has 2 N–H and O–H groups in total. The zero-order chi connectivity index (χ0) is 16.1. The lowest BCUT2D eigenvalue weighted by Crippen LogP contribution is -2.16. The number of hydrogen-bond acceptors (Lipinski definition) is 3. The summed E-state index contributed by atoms with van der Waals surface area (Å²) >= 11 is 0. The Balaban J connectivity index is 1.78. The summed E-state index contributed by atoms with van der Waals surface area (Å²) in [6.07, 6.45) is 1.63. The van der Waals surface area contributed by atoms with Crippen molar-refractivity contribution >= 4 is 22.9 Å². The Bertz CT molecular complexity index is 857. The third-order valence-corrected chi connectivity index (χ3v) is 3.37. The molecule has 0 spiro atoms. The second-order valence-electron chi connectivity index (χ2n) is 5.07. The van der Waals surface area contributed by atoms with Crippen molar-refractivity contribution in [1.82, 2.24) is 4.98 Å². The van der Waals surface area contributed by atoms with E-state index in [2.05, 4.69) is 4.98 Å². The van der Waals surface area contributed by atoms with Gasteiger partial charge in [0.25, 0.3) is 5.91 Å². The van der Waals surface area contributed by atoms with Crippen LogP contribution in [0.4, 0.5) is 0 Å². The molecule has 1 heterocycles. The maximum atomic E-state index is 11.5. The van der Waals surface area contributed by atoms with Gasteiger partial charge in [-0.2, -0.15) is 0 Å². The molecule has 3 aromatic rings. The number of amides is 1. The summed E-state index contributed by atoms with van der Waals surface area (Å²) in [7, 11) is 0. The van der Waals surface area contributed by atoms with Crippen molar-refractivity contribution in [3.63, 3.8) is 0 Å². The average molecular weight is 304 g/mol. The van der Waals surface area contributed by atoms with Gasteiger partial charge in [-0.1, -0.05) is 54.6 Å². The SMILES string of the molecule is NC(=O)/C(=C\c1ccccc1)OCc1ccc2ccccc2n1. The number of fused-ring (bicyclic) bond motifs is 1. The number of aromatic nitrogens is 1. The van der Waals surface area contributed by atoms with Crippen LogP contribution < -0.4 is 5.73 Å². The summed E-state index contributed by atoms with van der Waals surface area (Å²) in [5.41, 5.74) is 7.87. The summed E-state index contributed by atoms with van der Waals surface area (Å²) in [5, 5.41) is 1.06. The lowest BCUT2D eigenvalue weighted by molar-refractivity contribution is -0.117. The quantitative estimate of drug-likeness (QED) is 0.581. The van der Waals surface area contributed by atoms with Crippen molar-refractivity contribution in [3.05, 3.63) is 83.7 Å². The number of ether oxygens (including phenoxy) is 1. The van der Waals surface area contributed by atoms with E-state index in [1.165, 1.54) is 0 Å². The van der Waals surface area contributed by atoms with Crippen molar-refractivity contribution in [2.45, 2.75) is 6.61 Å². The van der Waals surface area contributed by atoms with Gasteiger partial charge in [0.15, 0.2) is 5.76 Å². The van der Waals surface area contributed by atoms with E-state index in [9.17, 15) is 4.79 Å². The maximum absolute atomic E-state index is 11.5. The van der Waals surface area contributed by atoms with Gasteiger partial charge < -0.3 is 10.5 Å². The fourth-order valence-electron chi connectivity index (χ4n) is 2.22. The molecule has 2 aromatic carbocycles. The molecular formula is C19H16N2O2. The van der Waals surface area contributed by atoms with E-state index < -0.39 is 5.91 Å². The molecule has 0 aliphatic heterocycles. The highest BCUT2D eigenvalue weighted by molar-refractivity contribution is 5.94. The van der Waals surface area contributed by atoms with Gasteiger partial charge in [-0.05, 0) is 23.8 Å². The predicted molar refractivity (Wildman–Crippen MR) is 90.1 cm³/mol.